The molecule has 1 aliphatic heterocycles. The van der Waals surface area contributed by atoms with Gasteiger partial charge in [-0.2, -0.15) is 0 Å². The van der Waals surface area contributed by atoms with Crippen molar-refractivity contribution in [2.75, 3.05) is 18.9 Å². The summed E-state index contributed by atoms with van der Waals surface area (Å²) in [5.74, 6) is -0.415. The van der Waals surface area contributed by atoms with E-state index in [9.17, 15) is 9.59 Å². The molecule has 0 atom stereocenters. The first-order valence-corrected chi connectivity index (χ1v) is 6.83. The fourth-order valence-electron chi connectivity index (χ4n) is 2.47. The first-order valence-electron chi connectivity index (χ1n) is 6.83. The summed E-state index contributed by atoms with van der Waals surface area (Å²) in [4.78, 5) is 25.8. The zero-order valence-corrected chi connectivity index (χ0v) is 13.7. The summed E-state index contributed by atoms with van der Waals surface area (Å²) < 4.78 is 1.95. The number of carbonyl (C=O) groups is 2. The van der Waals surface area contributed by atoms with Gasteiger partial charge in [-0.1, -0.05) is 12.1 Å². The van der Waals surface area contributed by atoms with Crippen LogP contribution in [0.3, 0.4) is 0 Å². The molecule has 2 aromatic rings. The second-order valence-corrected chi connectivity index (χ2v) is 4.89. The Bertz CT molecular complexity index is 683. The molecule has 0 radical (unpaired) electrons. The molecule has 1 N–H and O–H groups in total. The lowest BCUT2D eigenvalue weighted by Crippen LogP contribution is -3.00. The molecule has 0 unspecified atom stereocenters. The highest BCUT2D eigenvalue weighted by atomic mass is 79.9. The van der Waals surface area contributed by atoms with Crippen molar-refractivity contribution in [2.24, 2.45) is 0 Å². The minimum atomic E-state index is -0.207. The molecule has 1 aromatic carbocycles. The van der Waals surface area contributed by atoms with Crippen LogP contribution in [0.1, 0.15) is 20.7 Å². The summed E-state index contributed by atoms with van der Waals surface area (Å²) in [6, 6.07) is 10.8. The van der Waals surface area contributed by atoms with Crippen LogP contribution in [0.2, 0.25) is 0 Å². The summed E-state index contributed by atoms with van der Waals surface area (Å²) >= 11 is 0. The van der Waals surface area contributed by atoms with E-state index in [1.165, 1.54) is 4.90 Å². The maximum absolute atomic E-state index is 12.2. The molecule has 1 aromatic heterocycles. The van der Waals surface area contributed by atoms with E-state index in [0.717, 1.165) is 5.69 Å². The highest BCUT2D eigenvalue weighted by Gasteiger charge is 2.35. The number of halogens is 1. The van der Waals surface area contributed by atoms with Gasteiger partial charge in [-0.05, 0) is 18.2 Å². The van der Waals surface area contributed by atoms with E-state index in [2.05, 4.69) is 5.32 Å². The summed E-state index contributed by atoms with van der Waals surface area (Å²) in [5, 5.41) is 3.06. The highest BCUT2D eigenvalue weighted by molar-refractivity contribution is 6.21. The van der Waals surface area contributed by atoms with Crippen molar-refractivity contribution < 1.29 is 31.1 Å². The smallest absolute Gasteiger partial charge is 0.261 e. The molecule has 0 aliphatic carbocycles. The van der Waals surface area contributed by atoms with Gasteiger partial charge in [-0.3, -0.25) is 14.5 Å². The minimum Gasteiger partial charge on any atom is -1.00 e. The number of anilines is 1. The number of aromatic nitrogens is 1. The summed E-state index contributed by atoms with van der Waals surface area (Å²) in [5.41, 5.74) is 1.98. The molecular formula is C16H16BrN3O2. The SMILES string of the molecule is CNc1ccc[n+](CCN2C(=O)c3ccccc3C2=O)c1.[Br-]. The van der Waals surface area contributed by atoms with Crippen LogP contribution in [-0.4, -0.2) is 30.3 Å². The Kier molecular flexibility index (Phi) is 4.92. The highest BCUT2D eigenvalue weighted by Crippen LogP contribution is 2.21. The number of hydrogen-bond donors (Lipinski definition) is 1. The largest absolute Gasteiger partial charge is 1.00 e. The number of rotatable bonds is 4. The number of nitrogens with zero attached hydrogens (tertiary/aromatic N) is 2. The molecule has 2 heterocycles. The molecule has 1 aliphatic rings. The lowest BCUT2D eigenvalue weighted by atomic mass is 10.1. The average molecular weight is 362 g/mol. The van der Waals surface area contributed by atoms with Gasteiger partial charge in [0.2, 0.25) is 0 Å². The molecule has 0 saturated heterocycles. The van der Waals surface area contributed by atoms with Crippen molar-refractivity contribution >= 4 is 17.5 Å². The topological polar surface area (TPSA) is 53.3 Å². The monoisotopic (exact) mass is 361 g/mol. The molecule has 114 valence electrons. The van der Waals surface area contributed by atoms with Crippen molar-refractivity contribution in [3.63, 3.8) is 0 Å². The first kappa shape index (κ1) is 16.2. The van der Waals surface area contributed by atoms with Gasteiger partial charge in [-0.15, -0.1) is 0 Å². The van der Waals surface area contributed by atoms with E-state index < -0.39 is 0 Å². The Labute approximate surface area is 139 Å². The van der Waals surface area contributed by atoms with Crippen molar-refractivity contribution in [1.82, 2.24) is 4.90 Å². The molecule has 0 fully saturated rings. The number of hydrogen-bond acceptors (Lipinski definition) is 3. The van der Waals surface area contributed by atoms with Crippen LogP contribution in [0.25, 0.3) is 0 Å². The van der Waals surface area contributed by atoms with Crippen LogP contribution < -0.4 is 26.9 Å². The predicted octanol–water partition coefficient (Wildman–Crippen LogP) is -1.68. The Morgan fingerprint density at radius 3 is 2.27 bits per heavy atom. The second kappa shape index (κ2) is 6.70. The van der Waals surface area contributed by atoms with Crippen molar-refractivity contribution in [3.8, 4) is 0 Å². The lowest BCUT2D eigenvalue weighted by molar-refractivity contribution is -0.695. The third kappa shape index (κ3) is 2.87. The Balaban J connectivity index is 0.00000176. The number of amides is 2. The van der Waals surface area contributed by atoms with E-state index in [-0.39, 0.29) is 28.8 Å². The third-order valence-corrected chi connectivity index (χ3v) is 3.61. The van der Waals surface area contributed by atoms with Crippen LogP contribution >= 0.6 is 0 Å². The molecule has 6 heteroatoms. The van der Waals surface area contributed by atoms with Gasteiger partial charge in [0.05, 0.1) is 23.4 Å². The van der Waals surface area contributed by atoms with Crippen molar-refractivity contribution in [2.45, 2.75) is 6.54 Å². The number of pyridine rings is 1. The average Bonchev–Trinajstić information content (AvgIpc) is 2.78. The third-order valence-electron chi connectivity index (χ3n) is 3.61. The summed E-state index contributed by atoms with van der Waals surface area (Å²) in [6.45, 7) is 0.936. The number of carbonyl (C=O) groups excluding carboxylic acids is 2. The lowest BCUT2D eigenvalue weighted by Gasteiger charge is -2.11. The standard InChI is InChI=1S/C16H16N3O2.BrH/c1-17-12-5-4-8-18(11-12)9-10-19-15(20)13-6-2-3-7-14(13)16(19)21;/h2-8,11,17H,9-10H2,1H3;1H/q+1;/p-1. The number of benzene rings is 1. The van der Waals surface area contributed by atoms with E-state index in [4.69, 9.17) is 0 Å². The van der Waals surface area contributed by atoms with Gasteiger partial charge >= 0.3 is 0 Å². The van der Waals surface area contributed by atoms with Crippen molar-refractivity contribution in [3.05, 3.63) is 59.9 Å². The number of imide groups is 1. The maximum Gasteiger partial charge on any atom is 0.261 e. The van der Waals surface area contributed by atoms with E-state index in [1.807, 2.05) is 36.1 Å². The molecule has 2 amide bonds. The second-order valence-electron chi connectivity index (χ2n) is 4.89. The Morgan fingerprint density at radius 2 is 1.68 bits per heavy atom. The van der Waals surface area contributed by atoms with Crippen LogP contribution in [0, 0.1) is 0 Å². The molecule has 0 saturated carbocycles. The van der Waals surface area contributed by atoms with Crippen LogP contribution in [0.15, 0.2) is 48.8 Å². The fraction of sp³-hybridized carbons (Fsp3) is 0.188. The molecule has 22 heavy (non-hydrogen) atoms. The maximum atomic E-state index is 12.2. The van der Waals surface area contributed by atoms with Gasteiger partial charge in [0.15, 0.2) is 18.9 Å². The van der Waals surface area contributed by atoms with Gasteiger partial charge in [0, 0.05) is 13.1 Å². The fourth-order valence-corrected chi connectivity index (χ4v) is 2.47. The summed E-state index contributed by atoms with van der Waals surface area (Å²) in [6.07, 6.45) is 3.86. The number of fused-ring (bicyclic) bond motifs is 1. The summed E-state index contributed by atoms with van der Waals surface area (Å²) in [7, 11) is 1.85. The quantitative estimate of drug-likeness (QED) is 0.522. The van der Waals surface area contributed by atoms with Crippen LogP contribution in [-0.2, 0) is 6.54 Å². The van der Waals surface area contributed by atoms with E-state index in [0.29, 0.717) is 24.2 Å². The zero-order valence-electron chi connectivity index (χ0n) is 12.1. The Hall–Kier alpha value is -2.21. The Morgan fingerprint density at radius 1 is 1.05 bits per heavy atom. The molecule has 3 rings (SSSR count). The van der Waals surface area contributed by atoms with Crippen LogP contribution in [0.4, 0.5) is 5.69 Å². The predicted molar refractivity (Wildman–Crippen MR) is 78.0 cm³/mol. The normalized spacial score (nSPS) is 12.9. The van der Waals surface area contributed by atoms with E-state index >= 15 is 0 Å². The van der Waals surface area contributed by atoms with Gasteiger partial charge < -0.3 is 22.3 Å². The van der Waals surface area contributed by atoms with Crippen LogP contribution in [0.5, 0.6) is 0 Å². The van der Waals surface area contributed by atoms with Crippen molar-refractivity contribution in [1.29, 1.82) is 0 Å². The molecule has 5 nitrogen and oxygen atoms in total. The first-order chi connectivity index (χ1) is 10.2. The number of nitrogens with one attached hydrogen (secondary N) is 1. The van der Waals surface area contributed by atoms with E-state index in [1.54, 1.807) is 24.3 Å². The molecule has 0 bridgehead atoms. The minimum absolute atomic E-state index is 0. The molecular weight excluding hydrogens is 346 g/mol. The zero-order chi connectivity index (χ0) is 14.8. The molecule has 0 spiro atoms. The van der Waals surface area contributed by atoms with Gasteiger partial charge in [0.25, 0.3) is 11.8 Å². The van der Waals surface area contributed by atoms with Gasteiger partial charge in [0.1, 0.15) is 0 Å². The van der Waals surface area contributed by atoms with Gasteiger partial charge in [-0.25, -0.2) is 4.57 Å².